The Morgan fingerprint density at radius 1 is 1.11 bits per heavy atom. The fourth-order valence-electron chi connectivity index (χ4n) is 7.47. The average molecular weight is 629 g/mol. The van der Waals surface area contributed by atoms with E-state index in [-0.39, 0.29) is 54.3 Å². The van der Waals surface area contributed by atoms with Gasteiger partial charge in [0.2, 0.25) is 5.88 Å². The second kappa shape index (κ2) is 10.6. The van der Waals surface area contributed by atoms with Gasteiger partial charge in [0, 0.05) is 30.1 Å². The summed E-state index contributed by atoms with van der Waals surface area (Å²) in [6, 6.07) is 10.4. The Morgan fingerprint density at radius 3 is 2.80 bits per heavy atom. The standard InChI is InChI=1S/C32H34F2N10O2/c1-17-15-45-30-23-25(24(34)29(39-30)44-22-9-4-3-7-21(22)27(36)41-44)38-31(46-16-32-10-6-12-42(32)14-19(33)13-32)40-28(23)43(17)18(2)20-8-5-11-37-26(20)35/h3-5,7-9,11,17-19H,6,10,12-16H2,1-2H3,(H2,35,37)(H2,36,41)/t17-,18?,19+,32-/m0/s1. The van der Waals surface area contributed by atoms with Crippen LogP contribution in [0.4, 0.5) is 26.2 Å². The van der Waals surface area contributed by atoms with Gasteiger partial charge in [0.05, 0.1) is 23.1 Å². The zero-order valence-electron chi connectivity index (χ0n) is 25.5. The predicted molar refractivity (Wildman–Crippen MR) is 169 cm³/mol. The lowest BCUT2D eigenvalue weighted by Gasteiger charge is -2.35. The van der Waals surface area contributed by atoms with Gasteiger partial charge in [-0.05, 0) is 51.4 Å². The van der Waals surface area contributed by atoms with Crippen molar-refractivity contribution in [3.63, 3.8) is 0 Å². The quantitative estimate of drug-likeness (QED) is 0.276. The highest BCUT2D eigenvalue weighted by Crippen LogP contribution is 2.44. The minimum absolute atomic E-state index is 0.0247. The van der Waals surface area contributed by atoms with Crippen molar-refractivity contribution in [3.8, 4) is 17.7 Å². The van der Waals surface area contributed by atoms with Crippen LogP contribution in [-0.2, 0) is 0 Å². The second-order valence-corrected chi connectivity index (χ2v) is 12.5. The van der Waals surface area contributed by atoms with Crippen LogP contribution in [0.15, 0.2) is 42.6 Å². The molecule has 0 bridgehead atoms. The first-order valence-corrected chi connectivity index (χ1v) is 15.5. The number of anilines is 3. The fourth-order valence-corrected chi connectivity index (χ4v) is 7.47. The van der Waals surface area contributed by atoms with Crippen LogP contribution in [0.25, 0.3) is 27.6 Å². The van der Waals surface area contributed by atoms with Crippen molar-refractivity contribution < 1.29 is 18.3 Å². The average Bonchev–Trinajstić information content (AvgIpc) is 3.66. The van der Waals surface area contributed by atoms with Gasteiger partial charge >= 0.3 is 6.01 Å². The Hall–Kier alpha value is -4.85. The lowest BCUT2D eigenvalue weighted by Crippen LogP contribution is -2.43. The van der Waals surface area contributed by atoms with Crippen molar-refractivity contribution in [2.75, 3.05) is 42.7 Å². The molecule has 0 spiro atoms. The van der Waals surface area contributed by atoms with E-state index in [2.05, 4.69) is 25.0 Å². The van der Waals surface area contributed by atoms with E-state index in [1.54, 1.807) is 12.3 Å². The number of hydrogen-bond donors (Lipinski definition) is 2. The van der Waals surface area contributed by atoms with Gasteiger partial charge in [-0.15, -0.1) is 5.10 Å². The first kappa shape index (κ1) is 28.6. The van der Waals surface area contributed by atoms with Crippen LogP contribution in [0.3, 0.4) is 0 Å². The molecule has 4 aromatic heterocycles. The zero-order chi connectivity index (χ0) is 31.7. The number of alkyl halides is 1. The molecule has 12 nitrogen and oxygen atoms in total. The Balaban J connectivity index is 1.32. The summed E-state index contributed by atoms with van der Waals surface area (Å²) in [5, 5.41) is 5.37. The molecule has 2 fully saturated rings. The van der Waals surface area contributed by atoms with Crippen molar-refractivity contribution in [2.45, 2.75) is 56.9 Å². The van der Waals surface area contributed by atoms with Gasteiger partial charge in [-0.1, -0.05) is 18.2 Å². The first-order valence-electron chi connectivity index (χ1n) is 15.5. The normalized spacial score (nSPS) is 23.4. The Kier molecular flexibility index (Phi) is 6.60. The summed E-state index contributed by atoms with van der Waals surface area (Å²) in [6.45, 7) is 5.56. The number of aromatic nitrogens is 6. The van der Waals surface area contributed by atoms with Gasteiger partial charge in [0.15, 0.2) is 17.5 Å². The number of fused-ring (bicyclic) bond motifs is 2. The highest BCUT2D eigenvalue weighted by molar-refractivity contribution is 5.97. The number of nitrogens with two attached hydrogens (primary N) is 2. The SMILES string of the molecule is CC(c1cccnc1N)N1c2nc(OC[C@@]34CCCN3C[C@H](F)C4)nc3c(F)c(-n4nc(N)c5ccccc54)nc(c23)OC[C@@H]1C. The lowest BCUT2D eigenvalue weighted by molar-refractivity contribution is 0.107. The van der Waals surface area contributed by atoms with Crippen LogP contribution >= 0.6 is 0 Å². The molecule has 0 aliphatic carbocycles. The molecular formula is C32H34F2N10O2. The molecule has 8 rings (SSSR count). The van der Waals surface area contributed by atoms with E-state index in [1.165, 1.54) is 4.68 Å². The number of nitrogens with zero attached hydrogens (tertiary/aromatic N) is 8. The van der Waals surface area contributed by atoms with E-state index in [9.17, 15) is 4.39 Å². The Bertz CT molecular complexity index is 1990. The summed E-state index contributed by atoms with van der Waals surface area (Å²) in [5.41, 5.74) is 13.4. The van der Waals surface area contributed by atoms with Gasteiger partial charge in [-0.3, -0.25) is 4.90 Å². The van der Waals surface area contributed by atoms with Gasteiger partial charge < -0.3 is 25.8 Å². The van der Waals surface area contributed by atoms with E-state index in [0.717, 1.165) is 24.9 Å². The van der Waals surface area contributed by atoms with Gasteiger partial charge in [0.1, 0.15) is 41.9 Å². The molecule has 14 heteroatoms. The summed E-state index contributed by atoms with van der Waals surface area (Å²) in [6.07, 6.45) is 2.86. The van der Waals surface area contributed by atoms with Crippen LogP contribution < -0.4 is 25.8 Å². The summed E-state index contributed by atoms with van der Waals surface area (Å²) >= 11 is 0. The molecule has 0 radical (unpaired) electrons. The molecular weight excluding hydrogens is 594 g/mol. The number of pyridine rings is 2. The third-order valence-electron chi connectivity index (χ3n) is 9.66. The molecule has 2 saturated heterocycles. The summed E-state index contributed by atoms with van der Waals surface area (Å²) < 4.78 is 45.3. The zero-order valence-corrected chi connectivity index (χ0v) is 25.5. The van der Waals surface area contributed by atoms with Crippen LogP contribution in [-0.4, -0.2) is 78.7 Å². The van der Waals surface area contributed by atoms with E-state index in [0.29, 0.717) is 40.9 Å². The molecule has 238 valence electrons. The maximum absolute atomic E-state index is 16.9. The number of hydrogen-bond acceptors (Lipinski definition) is 11. The number of benzene rings is 1. The highest BCUT2D eigenvalue weighted by atomic mass is 19.1. The van der Waals surface area contributed by atoms with Crippen molar-refractivity contribution in [2.24, 2.45) is 0 Å². The summed E-state index contributed by atoms with van der Waals surface area (Å²) in [7, 11) is 0. The van der Waals surface area contributed by atoms with Crippen LogP contribution in [0, 0.1) is 5.82 Å². The molecule has 3 aliphatic heterocycles. The third kappa shape index (κ3) is 4.37. The Morgan fingerprint density at radius 2 is 1.96 bits per heavy atom. The minimum atomic E-state index is -0.921. The molecule has 7 heterocycles. The second-order valence-electron chi connectivity index (χ2n) is 12.5. The number of para-hydroxylation sites is 1. The van der Waals surface area contributed by atoms with Crippen molar-refractivity contribution in [1.29, 1.82) is 0 Å². The maximum Gasteiger partial charge on any atom is 0.319 e. The number of ether oxygens (including phenoxy) is 2. The fraction of sp³-hybridized carbons (Fsp3) is 0.406. The molecule has 0 saturated carbocycles. The molecule has 5 aromatic rings. The lowest BCUT2D eigenvalue weighted by atomic mass is 9.95. The van der Waals surface area contributed by atoms with Crippen LogP contribution in [0.1, 0.15) is 44.7 Å². The summed E-state index contributed by atoms with van der Waals surface area (Å²) in [4.78, 5) is 22.6. The maximum atomic E-state index is 16.9. The topological polar surface area (TPSA) is 146 Å². The number of nitrogen functional groups attached to an aromatic ring is 2. The minimum Gasteiger partial charge on any atom is -0.475 e. The van der Waals surface area contributed by atoms with Gasteiger partial charge in [-0.2, -0.15) is 15.0 Å². The summed E-state index contributed by atoms with van der Waals surface area (Å²) in [5.74, 6) is 0.296. The smallest absolute Gasteiger partial charge is 0.319 e. The third-order valence-corrected chi connectivity index (χ3v) is 9.66. The van der Waals surface area contributed by atoms with E-state index >= 15 is 4.39 Å². The van der Waals surface area contributed by atoms with E-state index < -0.39 is 17.5 Å². The number of halogens is 2. The molecule has 1 unspecified atom stereocenters. The first-order chi connectivity index (χ1) is 22.2. The van der Waals surface area contributed by atoms with Crippen LogP contribution in [0.2, 0.25) is 0 Å². The molecule has 1 aromatic carbocycles. The largest absolute Gasteiger partial charge is 0.475 e. The molecule has 4 N–H and O–H groups in total. The van der Waals surface area contributed by atoms with E-state index in [1.807, 2.05) is 49.1 Å². The predicted octanol–water partition coefficient (Wildman–Crippen LogP) is 4.37. The molecule has 3 aliphatic rings. The number of rotatable bonds is 6. The van der Waals surface area contributed by atoms with Gasteiger partial charge in [-0.25, -0.2) is 18.4 Å². The molecule has 0 amide bonds. The van der Waals surface area contributed by atoms with E-state index in [4.69, 9.17) is 25.9 Å². The van der Waals surface area contributed by atoms with Crippen molar-refractivity contribution >= 4 is 39.3 Å². The Labute approximate surface area is 263 Å². The van der Waals surface area contributed by atoms with Crippen molar-refractivity contribution in [3.05, 3.63) is 54.0 Å². The monoisotopic (exact) mass is 628 g/mol. The molecule has 46 heavy (non-hydrogen) atoms. The molecule has 4 atom stereocenters. The van der Waals surface area contributed by atoms with Gasteiger partial charge in [0.25, 0.3) is 0 Å². The van der Waals surface area contributed by atoms with Crippen LogP contribution in [0.5, 0.6) is 11.9 Å². The highest BCUT2D eigenvalue weighted by Gasteiger charge is 2.49. The van der Waals surface area contributed by atoms with Crippen molar-refractivity contribution in [1.82, 2.24) is 34.6 Å².